The van der Waals surface area contributed by atoms with Crippen molar-refractivity contribution in [2.24, 2.45) is 5.92 Å². The van der Waals surface area contributed by atoms with Gasteiger partial charge in [-0.2, -0.15) is 0 Å². The first-order valence-corrected chi connectivity index (χ1v) is 6.68. The van der Waals surface area contributed by atoms with Crippen LogP contribution in [0.25, 0.3) is 0 Å². The summed E-state index contributed by atoms with van der Waals surface area (Å²) in [7, 11) is 2.15. The monoisotopic (exact) mass is 273 g/mol. The summed E-state index contributed by atoms with van der Waals surface area (Å²) in [5.41, 5.74) is 0. The van der Waals surface area contributed by atoms with E-state index in [1.54, 1.807) is 12.1 Å². The standard InChI is InChI=1S/C13H17Cl2NO/c1-16-7-3-4-10(8-16)9-17-13-11(14)5-2-6-12(13)15/h2,5-6,10H,3-4,7-9H2,1H3. The lowest BCUT2D eigenvalue weighted by molar-refractivity contribution is 0.150. The number of hydrogen-bond acceptors (Lipinski definition) is 2. The maximum atomic E-state index is 6.06. The lowest BCUT2D eigenvalue weighted by Gasteiger charge is -2.29. The topological polar surface area (TPSA) is 12.5 Å². The fraction of sp³-hybridized carbons (Fsp3) is 0.538. The van der Waals surface area contributed by atoms with Gasteiger partial charge < -0.3 is 9.64 Å². The van der Waals surface area contributed by atoms with Gasteiger partial charge in [0.15, 0.2) is 5.75 Å². The van der Waals surface area contributed by atoms with Crippen molar-refractivity contribution in [2.75, 3.05) is 26.7 Å². The number of hydrogen-bond donors (Lipinski definition) is 0. The Labute approximate surface area is 112 Å². The zero-order valence-corrected chi connectivity index (χ0v) is 11.5. The molecule has 4 heteroatoms. The molecule has 1 heterocycles. The van der Waals surface area contributed by atoms with Crippen LogP contribution >= 0.6 is 23.2 Å². The molecule has 94 valence electrons. The molecule has 2 nitrogen and oxygen atoms in total. The number of para-hydroxylation sites is 1. The van der Waals surface area contributed by atoms with Crippen LogP contribution in [0.4, 0.5) is 0 Å². The van der Waals surface area contributed by atoms with E-state index < -0.39 is 0 Å². The lowest BCUT2D eigenvalue weighted by Crippen LogP contribution is -2.34. The van der Waals surface area contributed by atoms with Gasteiger partial charge in [0, 0.05) is 12.5 Å². The van der Waals surface area contributed by atoms with E-state index in [-0.39, 0.29) is 0 Å². The molecule has 17 heavy (non-hydrogen) atoms. The maximum Gasteiger partial charge on any atom is 0.156 e. The average Bonchev–Trinajstić information content (AvgIpc) is 2.28. The summed E-state index contributed by atoms with van der Waals surface area (Å²) in [4.78, 5) is 2.34. The fourth-order valence-corrected chi connectivity index (χ4v) is 2.74. The van der Waals surface area contributed by atoms with Crippen molar-refractivity contribution in [1.29, 1.82) is 0 Å². The van der Waals surface area contributed by atoms with Gasteiger partial charge in [0.05, 0.1) is 16.7 Å². The Balaban J connectivity index is 1.93. The number of rotatable bonds is 3. The number of likely N-dealkylation sites (tertiary alicyclic amines) is 1. The summed E-state index contributed by atoms with van der Waals surface area (Å²) < 4.78 is 5.76. The van der Waals surface area contributed by atoms with Gasteiger partial charge in [0.2, 0.25) is 0 Å². The van der Waals surface area contributed by atoms with Crippen molar-refractivity contribution in [3.8, 4) is 5.75 Å². The summed E-state index contributed by atoms with van der Waals surface area (Å²) in [5.74, 6) is 1.19. The van der Waals surface area contributed by atoms with Crippen LogP contribution in [0.15, 0.2) is 18.2 Å². The van der Waals surface area contributed by atoms with Crippen LogP contribution in [0.5, 0.6) is 5.75 Å². The minimum absolute atomic E-state index is 0.570. The quantitative estimate of drug-likeness (QED) is 0.833. The highest BCUT2D eigenvalue weighted by Gasteiger charge is 2.18. The van der Waals surface area contributed by atoms with E-state index in [2.05, 4.69) is 11.9 Å². The Kier molecular flexibility index (Phi) is 4.55. The second-order valence-electron chi connectivity index (χ2n) is 4.63. The highest BCUT2D eigenvalue weighted by atomic mass is 35.5. The molecule has 0 aromatic heterocycles. The molecule has 0 spiro atoms. The van der Waals surface area contributed by atoms with E-state index in [1.807, 2.05) is 6.07 Å². The zero-order chi connectivity index (χ0) is 12.3. The fourth-order valence-electron chi connectivity index (χ4n) is 2.23. The van der Waals surface area contributed by atoms with Crippen molar-refractivity contribution in [1.82, 2.24) is 4.90 Å². The van der Waals surface area contributed by atoms with E-state index in [0.717, 1.165) is 6.54 Å². The number of benzene rings is 1. The second kappa shape index (κ2) is 5.94. The van der Waals surface area contributed by atoms with Crippen LogP contribution in [0.1, 0.15) is 12.8 Å². The summed E-state index contributed by atoms with van der Waals surface area (Å²) in [6.07, 6.45) is 2.45. The highest BCUT2D eigenvalue weighted by Crippen LogP contribution is 2.33. The molecule has 1 aromatic rings. The molecular weight excluding hydrogens is 257 g/mol. The molecule has 0 saturated carbocycles. The molecule has 0 radical (unpaired) electrons. The van der Waals surface area contributed by atoms with Gasteiger partial charge in [0.25, 0.3) is 0 Å². The van der Waals surface area contributed by atoms with Crippen LogP contribution in [-0.2, 0) is 0 Å². The first-order valence-electron chi connectivity index (χ1n) is 5.92. The molecule has 1 aromatic carbocycles. The molecule has 1 atom stereocenters. The largest absolute Gasteiger partial charge is 0.490 e. The first kappa shape index (κ1) is 13.0. The Morgan fingerprint density at radius 1 is 1.35 bits per heavy atom. The van der Waals surface area contributed by atoms with Crippen molar-refractivity contribution in [3.63, 3.8) is 0 Å². The minimum atomic E-state index is 0.570. The Hall–Kier alpha value is -0.440. The molecule has 1 fully saturated rings. The Morgan fingerprint density at radius 2 is 2.06 bits per heavy atom. The van der Waals surface area contributed by atoms with Crippen molar-refractivity contribution < 1.29 is 4.74 Å². The van der Waals surface area contributed by atoms with Crippen molar-refractivity contribution in [3.05, 3.63) is 28.2 Å². The number of ether oxygens (including phenoxy) is 1. The third kappa shape index (κ3) is 3.51. The van der Waals surface area contributed by atoms with E-state index in [4.69, 9.17) is 27.9 Å². The van der Waals surface area contributed by atoms with Gasteiger partial charge in [-0.1, -0.05) is 29.3 Å². The third-order valence-electron chi connectivity index (χ3n) is 3.10. The molecule has 0 amide bonds. The summed E-state index contributed by atoms with van der Waals surface area (Å²) >= 11 is 12.1. The first-order chi connectivity index (χ1) is 8.16. The van der Waals surface area contributed by atoms with Crippen LogP contribution in [-0.4, -0.2) is 31.6 Å². The van der Waals surface area contributed by atoms with Crippen molar-refractivity contribution >= 4 is 23.2 Å². The Bertz CT molecular complexity index is 363. The van der Waals surface area contributed by atoms with Gasteiger partial charge in [-0.05, 0) is 38.6 Å². The molecular formula is C13H17Cl2NO. The van der Waals surface area contributed by atoms with Crippen LogP contribution in [0, 0.1) is 5.92 Å². The molecule has 1 unspecified atom stereocenters. The predicted octanol–water partition coefficient (Wildman–Crippen LogP) is 3.71. The normalized spacial score (nSPS) is 21.5. The van der Waals surface area contributed by atoms with Gasteiger partial charge in [-0.25, -0.2) is 0 Å². The minimum Gasteiger partial charge on any atom is -0.490 e. The van der Waals surface area contributed by atoms with E-state index >= 15 is 0 Å². The maximum absolute atomic E-state index is 6.06. The lowest BCUT2D eigenvalue weighted by atomic mass is 10.00. The number of piperidine rings is 1. The van der Waals surface area contributed by atoms with Gasteiger partial charge in [0.1, 0.15) is 0 Å². The third-order valence-corrected chi connectivity index (χ3v) is 3.70. The van der Waals surface area contributed by atoms with Crippen molar-refractivity contribution in [2.45, 2.75) is 12.8 Å². The molecule has 0 N–H and O–H groups in total. The molecule has 0 aliphatic carbocycles. The van der Waals surface area contributed by atoms with Gasteiger partial charge in [-0.3, -0.25) is 0 Å². The summed E-state index contributed by atoms with van der Waals surface area (Å²) in [5, 5.41) is 1.17. The van der Waals surface area contributed by atoms with E-state index in [1.165, 1.54) is 19.4 Å². The smallest absolute Gasteiger partial charge is 0.156 e. The van der Waals surface area contributed by atoms with Crippen LogP contribution in [0.3, 0.4) is 0 Å². The average molecular weight is 274 g/mol. The highest BCUT2D eigenvalue weighted by molar-refractivity contribution is 6.37. The van der Waals surface area contributed by atoms with Gasteiger partial charge >= 0.3 is 0 Å². The number of nitrogens with zero attached hydrogens (tertiary/aromatic N) is 1. The second-order valence-corrected chi connectivity index (χ2v) is 5.45. The van der Waals surface area contributed by atoms with E-state index in [0.29, 0.717) is 28.3 Å². The SMILES string of the molecule is CN1CCCC(COc2c(Cl)cccc2Cl)C1. The van der Waals surface area contributed by atoms with Gasteiger partial charge in [-0.15, -0.1) is 0 Å². The predicted molar refractivity (Wildman–Crippen MR) is 72.2 cm³/mol. The summed E-state index contributed by atoms with van der Waals surface area (Å²) in [6, 6.07) is 5.43. The molecule has 1 aliphatic rings. The Morgan fingerprint density at radius 3 is 2.71 bits per heavy atom. The zero-order valence-electron chi connectivity index (χ0n) is 9.96. The molecule has 2 rings (SSSR count). The van der Waals surface area contributed by atoms with E-state index in [9.17, 15) is 0 Å². The summed E-state index contributed by atoms with van der Waals surface area (Å²) in [6.45, 7) is 2.96. The van der Waals surface area contributed by atoms with Crippen LogP contribution < -0.4 is 4.74 Å². The molecule has 1 aliphatic heterocycles. The molecule has 0 bridgehead atoms. The molecule has 1 saturated heterocycles. The number of halogens is 2. The van der Waals surface area contributed by atoms with Crippen LogP contribution in [0.2, 0.25) is 10.0 Å².